The van der Waals surface area contributed by atoms with Crippen molar-refractivity contribution < 1.29 is 25.2 Å². The quantitative estimate of drug-likeness (QED) is 0.0319. The molecule has 0 saturated carbocycles. The molecule has 0 rings (SSSR count). The number of aliphatic hydroxyl groups is 4. The Labute approximate surface area is 317 Å². The van der Waals surface area contributed by atoms with Gasteiger partial charge in [0.05, 0.1) is 18.8 Å². The van der Waals surface area contributed by atoms with Crippen LogP contribution in [0.2, 0.25) is 0 Å². The lowest BCUT2D eigenvalue weighted by Crippen LogP contribution is -2.53. The summed E-state index contributed by atoms with van der Waals surface area (Å²) >= 11 is 0. The molecule has 4 atom stereocenters. The van der Waals surface area contributed by atoms with Crippen molar-refractivity contribution in [3.63, 3.8) is 0 Å². The molecule has 5 N–H and O–H groups in total. The highest BCUT2D eigenvalue weighted by Crippen LogP contribution is 2.17. The molecule has 0 aromatic rings. The molecule has 6 nitrogen and oxygen atoms in total. The number of nitrogens with one attached hydrogen (secondary N) is 1. The predicted molar refractivity (Wildman–Crippen MR) is 219 cm³/mol. The van der Waals surface area contributed by atoms with Crippen molar-refractivity contribution in [3.8, 4) is 0 Å². The van der Waals surface area contributed by atoms with Gasteiger partial charge in [-0.25, -0.2) is 0 Å². The highest BCUT2D eigenvalue weighted by molar-refractivity contribution is 5.80. The third-order valence-corrected chi connectivity index (χ3v) is 10.7. The summed E-state index contributed by atoms with van der Waals surface area (Å²) in [6.45, 7) is 4.04. The van der Waals surface area contributed by atoms with Crippen LogP contribution in [0.5, 0.6) is 0 Å². The van der Waals surface area contributed by atoms with E-state index >= 15 is 0 Å². The second-order valence-corrected chi connectivity index (χ2v) is 15.8. The first-order valence-electron chi connectivity index (χ1n) is 22.6. The Balaban J connectivity index is 3.69. The first-order valence-corrected chi connectivity index (χ1v) is 22.6. The average molecular weight is 724 g/mol. The minimum absolute atomic E-state index is 0.364. The lowest BCUT2D eigenvalue weighted by atomic mass is 9.99. The van der Waals surface area contributed by atoms with Crippen LogP contribution in [0, 0.1) is 0 Å². The van der Waals surface area contributed by atoms with E-state index in [2.05, 4.69) is 31.3 Å². The lowest BCUT2D eigenvalue weighted by Gasteiger charge is -2.27. The van der Waals surface area contributed by atoms with Crippen LogP contribution in [-0.2, 0) is 4.79 Å². The number of hydrogen-bond donors (Lipinski definition) is 5. The maximum absolute atomic E-state index is 12.5. The molecule has 0 fully saturated rings. The number of rotatable bonds is 41. The zero-order valence-electron chi connectivity index (χ0n) is 34.1. The summed E-state index contributed by atoms with van der Waals surface area (Å²) in [5, 5.41) is 43.7. The number of unbranched alkanes of at least 4 members (excludes halogenated alkanes) is 30. The lowest BCUT2D eigenvalue weighted by molar-refractivity contribution is -0.132. The molecule has 0 aliphatic carbocycles. The van der Waals surface area contributed by atoms with Crippen LogP contribution >= 0.6 is 0 Å². The van der Waals surface area contributed by atoms with Crippen LogP contribution in [0.15, 0.2) is 12.2 Å². The van der Waals surface area contributed by atoms with Crippen LogP contribution in [0.25, 0.3) is 0 Å². The molecule has 0 bridgehead atoms. The summed E-state index contributed by atoms with van der Waals surface area (Å²) in [5.74, 6) is -0.587. The Hall–Kier alpha value is -0.950. The van der Waals surface area contributed by atoms with Crippen molar-refractivity contribution in [3.05, 3.63) is 12.2 Å². The van der Waals surface area contributed by atoms with E-state index in [9.17, 15) is 25.2 Å². The van der Waals surface area contributed by atoms with Crippen molar-refractivity contribution in [1.29, 1.82) is 0 Å². The summed E-state index contributed by atoms with van der Waals surface area (Å²) in [7, 11) is 0. The van der Waals surface area contributed by atoms with E-state index in [4.69, 9.17) is 0 Å². The third-order valence-electron chi connectivity index (χ3n) is 10.7. The molecule has 304 valence electrons. The smallest absolute Gasteiger partial charge is 0.249 e. The van der Waals surface area contributed by atoms with Crippen molar-refractivity contribution in [2.75, 3.05) is 6.61 Å². The predicted octanol–water partition coefficient (Wildman–Crippen LogP) is 11.8. The SMILES string of the molecule is CCCCCC/C=C\CCCCCCCCC(O)C(=O)NC(CO)C(O)C(O)CCCCCCCCCCCCCCCCCCCCCCC. The molecule has 0 aromatic heterocycles. The molecular formula is C45H89NO5. The Morgan fingerprint density at radius 3 is 1.16 bits per heavy atom. The van der Waals surface area contributed by atoms with Gasteiger partial charge in [0, 0.05) is 0 Å². The van der Waals surface area contributed by atoms with E-state index in [1.165, 1.54) is 167 Å². The Kier molecular flexibility index (Phi) is 39.5. The maximum atomic E-state index is 12.5. The third kappa shape index (κ3) is 34.6. The Morgan fingerprint density at radius 1 is 0.471 bits per heavy atom. The summed E-state index contributed by atoms with van der Waals surface area (Å²) in [6.07, 6.45) is 43.8. The molecule has 0 radical (unpaired) electrons. The van der Waals surface area contributed by atoms with Crippen LogP contribution in [0.4, 0.5) is 0 Å². The highest BCUT2D eigenvalue weighted by Gasteiger charge is 2.28. The number of carbonyl (C=O) groups excluding carboxylic acids is 1. The van der Waals surface area contributed by atoms with Crippen LogP contribution in [0.1, 0.15) is 239 Å². The first kappa shape index (κ1) is 50.1. The zero-order chi connectivity index (χ0) is 37.5. The van der Waals surface area contributed by atoms with Gasteiger partial charge in [0.15, 0.2) is 0 Å². The molecule has 0 aliphatic rings. The highest BCUT2D eigenvalue weighted by atomic mass is 16.3. The number of carbonyl (C=O) groups is 1. The molecule has 6 heteroatoms. The molecule has 0 saturated heterocycles. The monoisotopic (exact) mass is 724 g/mol. The van der Waals surface area contributed by atoms with Crippen molar-refractivity contribution in [1.82, 2.24) is 5.32 Å². The summed E-state index contributed by atoms with van der Waals surface area (Å²) in [4.78, 5) is 12.5. The molecular weight excluding hydrogens is 634 g/mol. The summed E-state index contributed by atoms with van der Waals surface area (Å²) in [6, 6.07) is -0.984. The fourth-order valence-corrected chi connectivity index (χ4v) is 7.11. The topological polar surface area (TPSA) is 110 Å². The molecule has 51 heavy (non-hydrogen) atoms. The molecule has 0 spiro atoms. The fourth-order valence-electron chi connectivity index (χ4n) is 7.11. The molecule has 4 unspecified atom stereocenters. The summed E-state index contributed by atoms with van der Waals surface area (Å²) < 4.78 is 0. The van der Waals surface area contributed by atoms with E-state index < -0.39 is 36.9 Å². The normalized spacial score (nSPS) is 14.2. The van der Waals surface area contributed by atoms with Crippen molar-refractivity contribution in [2.45, 2.75) is 263 Å². The number of aliphatic hydroxyl groups excluding tert-OH is 4. The van der Waals surface area contributed by atoms with E-state index in [1.807, 2.05) is 0 Å². The van der Waals surface area contributed by atoms with Gasteiger partial charge in [0.1, 0.15) is 12.2 Å². The van der Waals surface area contributed by atoms with Gasteiger partial charge in [-0.2, -0.15) is 0 Å². The van der Waals surface area contributed by atoms with Crippen LogP contribution in [0.3, 0.4) is 0 Å². The second-order valence-electron chi connectivity index (χ2n) is 15.8. The number of allylic oxidation sites excluding steroid dienone is 2. The van der Waals surface area contributed by atoms with Gasteiger partial charge in [0.25, 0.3) is 0 Å². The standard InChI is InChI=1S/C45H89NO5/c1-3-5-7-9-11-13-15-17-19-20-21-22-23-24-25-27-28-30-32-34-36-38-42(48)44(50)41(40-47)46-45(51)43(49)39-37-35-33-31-29-26-18-16-14-12-10-8-6-4-2/h14,16,41-44,47-50H,3-13,15,17-40H2,1-2H3,(H,46,51)/b16-14-. The van der Waals surface area contributed by atoms with E-state index in [-0.39, 0.29) is 0 Å². The Morgan fingerprint density at radius 2 is 0.784 bits per heavy atom. The second kappa shape index (κ2) is 40.2. The Bertz CT molecular complexity index is 731. The van der Waals surface area contributed by atoms with Gasteiger partial charge in [-0.1, -0.05) is 212 Å². The zero-order valence-corrected chi connectivity index (χ0v) is 34.1. The van der Waals surface area contributed by atoms with Crippen LogP contribution < -0.4 is 5.32 Å². The largest absolute Gasteiger partial charge is 0.394 e. The number of amides is 1. The van der Waals surface area contributed by atoms with E-state index in [0.29, 0.717) is 12.8 Å². The van der Waals surface area contributed by atoms with Gasteiger partial charge in [0.2, 0.25) is 5.91 Å². The first-order chi connectivity index (χ1) is 25.0. The van der Waals surface area contributed by atoms with Crippen molar-refractivity contribution in [2.24, 2.45) is 0 Å². The summed E-state index contributed by atoms with van der Waals surface area (Å²) in [5.41, 5.74) is 0. The van der Waals surface area contributed by atoms with Gasteiger partial charge in [-0.05, 0) is 38.5 Å². The molecule has 0 aliphatic heterocycles. The number of hydrogen-bond acceptors (Lipinski definition) is 5. The molecule has 0 heterocycles. The minimum atomic E-state index is -1.26. The van der Waals surface area contributed by atoms with Gasteiger partial charge in [-0.3, -0.25) is 4.79 Å². The van der Waals surface area contributed by atoms with Gasteiger partial charge in [-0.15, -0.1) is 0 Å². The van der Waals surface area contributed by atoms with Gasteiger partial charge >= 0.3 is 0 Å². The van der Waals surface area contributed by atoms with Gasteiger partial charge < -0.3 is 25.7 Å². The van der Waals surface area contributed by atoms with E-state index in [1.54, 1.807) is 0 Å². The van der Waals surface area contributed by atoms with Crippen molar-refractivity contribution >= 4 is 5.91 Å². The maximum Gasteiger partial charge on any atom is 0.249 e. The minimum Gasteiger partial charge on any atom is -0.394 e. The molecule has 1 amide bonds. The average Bonchev–Trinajstić information content (AvgIpc) is 3.13. The fraction of sp³-hybridized carbons (Fsp3) is 0.933. The molecule has 0 aromatic carbocycles. The van der Waals surface area contributed by atoms with Crippen LogP contribution in [-0.4, -0.2) is 57.3 Å². The van der Waals surface area contributed by atoms with E-state index in [0.717, 1.165) is 44.9 Å².